The molecule has 0 aromatic heterocycles. The third-order valence-corrected chi connectivity index (χ3v) is 5.10. The summed E-state index contributed by atoms with van der Waals surface area (Å²) in [5.41, 5.74) is 3.16. The van der Waals surface area contributed by atoms with E-state index in [1.165, 1.54) is 6.07 Å². The van der Waals surface area contributed by atoms with Crippen LogP contribution < -0.4 is 5.32 Å². The smallest absolute Gasteiger partial charge is 0.141 e. The predicted molar refractivity (Wildman–Crippen MR) is 93.5 cm³/mol. The SMILES string of the molecule is CCNC(c1ccc(F)c(Cl)c1)c1cc(Br)c(C)cc1Br. The van der Waals surface area contributed by atoms with Crippen molar-refractivity contribution in [3.8, 4) is 0 Å². The van der Waals surface area contributed by atoms with Crippen molar-refractivity contribution >= 4 is 43.5 Å². The highest BCUT2D eigenvalue weighted by atomic mass is 79.9. The molecule has 5 heteroatoms. The van der Waals surface area contributed by atoms with E-state index in [4.69, 9.17) is 11.6 Å². The Kier molecular flexibility index (Phi) is 5.83. The number of halogens is 4. The topological polar surface area (TPSA) is 12.0 Å². The summed E-state index contributed by atoms with van der Waals surface area (Å²) >= 11 is 13.1. The Hall–Kier alpha value is -0.420. The first-order valence-corrected chi connectivity index (χ1v) is 8.54. The van der Waals surface area contributed by atoms with E-state index in [2.05, 4.69) is 49.3 Å². The molecule has 0 fully saturated rings. The molecule has 2 aromatic rings. The number of rotatable bonds is 4. The highest BCUT2D eigenvalue weighted by Crippen LogP contribution is 2.34. The Morgan fingerprint density at radius 3 is 2.52 bits per heavy atom. The largest absolute Gasteiger partial charge is 0.306 e. The zero-order chi connectivity index (χ0) is 15.6. The van der Waals surface area contributed by atoms with Crippen LogP contribution >= 0.6 is 43.5 Å². The second-order valence-corrected chi connectivity index (χ2v) is 6.90. The maximum absolute atomic E-state index is 13.4. The van der Waals surface area contributed by atoms with Crippen LogP contribution in [0.4, 0.5) is 4.39 Å². The van der Waals surface area contributed by atoms with Gasteiger partial charge in [0.2, 0.25) is 0 Å². The summed E-state index contributed by atoms with van der Waals surface area (Å²) in [6.45, 7) is 4.86. The quantitative estimate of drug-likeness (QED) is 0.620. The minimum absolute atomic E-state index is 0.0561. The van der Waals surface area contributed by atoms with Gasteiger partial charge in [-0.2, -0.15) is 0 Å². The Balaban J connectivity index is 2.52. The average Bonchev–Trinajstić information content (AvgIpc) is 2.44. The van der Waals surface area contributed by atoms with Gasteiger partial charge < -0.3 is 5.32 Å². The molecule has 0 bridgehead atoms. The molecule has 0 aliphatic rings. The number of nitrogens with one attached hydrogen (secondary N) is 1. The van der Waals surface area contributed by atoms with Gasteiger partial charge in [0, 0.05) is 8.95 Å². The van der Waals surface area contributed by atoms with Gasteiger partial charge in [-0.25, -0.2) is 4.39 Å². The van der Waals surface area contributed by atoms with E-state index in [0.29, 0.717) is 0 Å². The molecular formula is C16H15Br2ClFN. The number of benzene rings is 2. The van der Waals surface area contributed by atoms with E-state index >= 15 is 0 Å². The number of aryl methyl sites for hydroxylation is 1. The second-order valence-electron chi connectivity index (χ2n) is 4.79. The monoisotopic (exact) mass is 433 g/mol. The van der Waals surface area contributed by atoms with Crippen molar-refractivity contribution in [3.05, 3.63) is 66.8 Å². The fraction of sp³-hybridized carbons (Fsp3) is 0.250. The van der Waals surface area contributed by atoms with E-state index < -0.39 is 5.82 Å². The van der Waals surface area contributed by atoms with Gasteiger partial charge in [0.15, 0.2) is 0 Å². The van der Waals surface area contributed by atoms with Crippen LogP contribution in [0.5, 0.6) is 0 Å². The van der Waals surface area contributed by atoms with E-state index in [-0.39, 0.29) is 11.1 Å². The molecule has 0 saturated heterocycles. The Morgan fingerprint density at radius 1 is 1.19 bits per heavy atom. The molecule has 2 rings (SSSR count). The van der Waals surface area contributed by atoms with Gasteiger partial charge in [-0.15, -0.1) is 0 Å². The van der Waals surface area contributed by atoms with Crippen LogP contribution in [0.15, 0.2) is 39.3 Å². The van der Waals surface area contributed by atoms with Crippen molar-refractivity contribution in [2.75, 3.05) is 6.54 Å². The Labute approximate surface area is 146 Å². The van der Waals surface area contributed by atoms with Gasteiger partial charge in [-0.05, 0) is 54.4 Å². The zero-order valence-electron chi connectivity index (χ0n) is 11.7. The predicted octanol–water partition coefficient (Wildman–Crippen LogP) is 6.01. The zero-order valence-corrected chi connectivity index (χ0v) is 15.6. The third-order valence-electron chi connectivity index (χ3n) is 3.27. The maximum Gasteiger partial charge on any atom is 0.141 e. The lowest BCUT2D eigenvalue weighted by atomic mass is 9.97. The van der Waals surface area contributed by atoms with Crippen molar-refractivity contribution in [1.29, 1.82) is 0 Å². The molecule has 2 aromatic carbocycles. The molecule has 1 N–H and O–H groups in total. The average molecular weight is 436 g/mol. The van der Waals surface area contributed by atoms with Gasteiger partial charge in [0.25, 0.3) is 0 Å². The highest BCUT2D eigenvalue weighted by Gasteiger charge is 2.18. The molecule has 21 heavy (non-hydrogen) atoms. The normalized spacial score (nSPS) is 12.5. The number of hydrogen-bond donors (Lipinski definition) is 1. The van der Waals surface area contributed by atoms with Crippen LogP contribution in [0.25, 0.3) is 0 Å². The molecule has 1 nitrogen and oxygen atoms in total. The lowest BCUT2D eigenvalue weighted by Gasteiger charge is -2.21. The minimum atomic E-state index is -0.403. The van der Waals surface area contributed by atoms with Gasteiger partial charge in [-0.1, -0.05) is 56.5 Å². The molecule has 0 radical (unpaired) electrons. The summed E-state index contributed by atoms with van der Waals surface area (Å²) in [6.07, 6.45) is 0. The summed E-state index contributed by atoms with van der Waals surface area (Å²) in [6, 6.07) is 8.91. The van der Waals surface area contributed by atoms with E-state index in [1.54, 1.807) is 12.1 Å². The van der Waals surface area contributed by atoms with Crippen LogP contribution in [-0.2, 0) is 0 Å². The molecule has 1 atom stereocenters. The summed E-state index contributed by atoms with van der Waals surface area (Å²) in [4.78, 5) is 0. The summed E-state index contributed by atoms with van der Waals surface area (Å²) < 4.78 is 15.4. The van der Waals surface area contributed by atoms with Crippen molar-refractivity contribution in [1.82, 2.24) is 5.32 Å². The van der Waals surface area contributed by atoms with Crippen molar-refractivity contribution < 1.29 is 4.39 Å². The van der Waals surface area contributed by atoms with Crippen molar-refractivity contribution in [3.63, 3.8) is 0 Å². The first-order valence-electron chi connectivity index (χ1n) is 6.58. The van der Waals surface area contributed by atoms with Crippen LogP contribution in [-0.4, -0.2) is 6.54 Å². The molecular weight excluding hydrogens is 420 g/mol. The van der Waals surface area contributed by atoms with Crippen LogP contribution in [0.1, 0.15) is 29.7 Å². The van der Waals surface area contributed by atoms with E-state index in [1.807, 2.05) is 13.8 Å². The minimum Gasteiger partial charge on any atom is -0.306 e. The van der Waals surface area contributed by atoms with Crippen LogP contribution in [0, 0.1) is 12.7 Å². The lowest BCUT2D eigenvalue weighted by Crippen LogP contribution is -2.22. The first kappa shape index (κ1) is 16.9. The molecule has 0 spiro atoms. The molecule has 112 valence electrons. The van der Waals surface area contributed by atoms with E-state index in [0.717, 1.165) is 32.2 Å². The molecule has 0 aliphatic carbocycles. The highest BCUT2D eigenvalue weighted by molar-refractivity contribution is 9.11. The molecule has 0 heterocycles. The second kappa shape index (κ2) is 7.23. The van der Waals surface area contributed by atoms with Gasteiger partial charge in [0.1, 0.15) is 5.82 Å². The van der Waals surface area contributed by atoms with Crippen LogP contribution in [0.3, 0.4) is 0 Å². The third kappa shape index (κ3) is 3.86. The number of hydrogen-bond acceptors (Lipinski definition) is 1. The summed E-state index contributed by atoms with van der Waals surface area (Å²) in [5, 5.41) is 3.55. The fourth-order valence-electron chi connectivity index (χ4n) is 2.19. The molecule has 0 aliphatic heterocycles. The lowest BCUT2D eigenvalue weighted by molar-refractivity contribution is 0.613. The van der Waals surface area contributed by atoms with Crippen LogP contribution in [0.2, 0.25) is 5.02 Å². The van der Waals surface area contributed by atoms with Gasteiger partial charge in [-0.3, -0.25) is 0 Å². The standard InChI is InChI=1S/C16H15Br2ClFN/c1-3-21-16(10-4-5-15(20)14(19)7-10)11-8-12(17)9(2)6-13(11)18/h4-8,16,21H,3H2,1-2H3. The summed E-state index contributed by atoms with van der Waals surface area (Å²) in [7, 11) is 0. The van der Waals surface area contributed by atoms with Gasteiger partial charge >= 0.3 is 0 Å². The van der Waals surface area contributed by atoms with Crippen molar-refractivity contribution in [2.24, 2.45) is 0 Å². The molecule has 0 amide bonds. The molecule has 0 saturated carbocycles. The Bertz CT molecular complexity index is 661. The molecule has 1 unspecified atom stereocenters. The maximum atomic E-state index is 13.4. The first-order chi connectivity index (χ1) is 9.93. The van der Waals surface area contributed by atoms with E-state index in [9.17, 15) is 4.39 Å². The fourth-order valence-corrected chi connectivity index (χ4v) is 3.42. The van der Waals surface area contributed by atoms with Crippen molar-refractivity contribution in [2.45, 2.75) is 19.9 Å². The Morgan fingerprint density at radius 2 is 1.90 bits per heavy atom. The van der Waals surface area contributed by atoms with Gasteiger partial charge in [0.05, 0.1) is 11.1 Å². The summed E-state index contributed by atoms with van der Waals surface area (Å²) in [5.74, 6) is -0.403.